The van der Waals surface area contributed by atoms with Crippen LogP contribution in [0.3, 0.4) is 0 Å². The first-order valence-electron chi connectivity index (χ1n) is 8.06. The largest absolute Gasteiger partial charge is 0.462 e. The van der Waals surface area contributed by atoms with Gasteiger partial charge in [-0.1, -0.05) is 49.7 Å². The number of rotatable bonds is 7. The Morgan fingerprint density at radius 3 is 2.42 bits per heavy atom. The lowest BCUT2D eigenvalue weighted by Crippen LogP contribution is -2.15. The van der Waals surface area contributed by atoms with Crippen molar-refractivity contribution in [2.75, 3.05) is 18.5 Å². The Morgan fingerprint density at radius 1 is 1.04 bits per heavy atom. The van der Waals surface area contributed by atoms with E-state index in [1.165, 1.54) is 0 Å². The van der Waals surface area contributed by atoms with Crippen molar-refractivity contribution in [1.29, 1.82) is 0 Å². The van der Waals surface area contributed by atoms with Gasteiger partial charge in [0, 0.05) is 11.3 Å². The van der Waals surface area contributed by atoms with Gasteiger partial charge in [0.05, 0.1) is 18.7 Å². The fourth-order valence-electron chi connectivity index (χ4n) is 2.11. The summed E-state index contributed by atoms with van der Waals surface area (Å²) in [7, 11) is 0. The van der Waals surface area contributed by atoms with Gasteiger partial charge in [-0.05, 0) is 31.0 Å². The molecular formula is C20H23NO3. The van der Waals surface area contributed by atoms with Gasteiger partial charge < -0.3 is 10.1 Å². The molecule has 0 radical (unpaired) electrons. The van der Waals surface area contributed by atoms with E-state index in [0.717, 1.165) is 11.3 Å². The summed E-state index contributed by atoms with van der Waals surface area (Å²) in [6.07, 6.45) is 0. The number of benzene rings is 2. The fourth-order valence-corrected chi connectivity index (χ4v) is 2.11. The highest BCUT2D eigenvalue weighted by atomic mass is 16.5. The molecule has 0 aliphatic rings. The van der Waals surface area contributed by atoms with Crippen LogP contribution in [0.1, 0.15) is 40.1 Å². The average Bonchev–Trinajstić information content (AvgIpc) is 2.58. The van der Waals surface area contributed by atoms with Crippen LogP contribution in [0.2, 0.25) is 0 Å². The van der Waals surface area contributed by atoms with Crippen LogP contribution < -0.4 is 5.32 Å². The van der Waals surface area contributed by atoms with Crippen molar-refractivity contribution in [3.8, 4) is 0 Å². The van der Waals surface area contributed by atoms with E-state index in [2.05, 4.69) is 5.32 Å². The van der Waals surface area contributed by atoms with Crippen molar-refractivity contribution in [3.05, 3.63) is 65.2 Å². The zero-order chi connectivity index (χ0) is 17.5. The third kappa shape index (κ3) is 5.23. The summed E-state index contributed by atoms with van der Waals surface area (Å²) in [6.45, 7) is 6.52. The number of esters is 1. The predicted molar refractivity (Wildman–Crippen MR) is 95.6 cm³/mol. The summed E-state index contributed by atoms with van der Waals surface area (Å²) < 4.78 is 5.22. The molecule has 0 saturated heterocycles. The first-order chi connectivity index (χ1) is 11.5. The highest BCUT2D eigenvalue weighted by Gasteiger charge is 2.10. The maximum atomic E-state index is 12.2. The minimum absolute atomic E-state index is 0.00258. The van der Waals surface area contributed by atoms with Crippen LogP contribution >= 0.6 is 0 Å². The molecule has 0 aliphatic carbocycles. The van der Waals surface area contributed by atoms with Crippen molar-refractivity contribution in [2.24, 2.45) is 5.92 Å². The molecule has 4 heteroatoms. The Balaban J connectivity index is 1.95. The number of hydrogen-bond donors (Lipinski definition) is 1. The average molecular weight is 325 g/mol. The topological polar surface area (TPSA) is 55.4 Å². The van der Waals surface area contributed by atoms with Crippen LogP contribution in [0.5, 0.6) is 0 Å². The summed E-state index contributed by atoms with van der Waals surface area (Å²) in [6, 6.07) is 14.5. The number of ketones is 1. The minimum Gasteiger partial charge on any atom is -0.462 e. The first-order valence-corrected chi connectivity index (χ1v) is 8.06. The molecular weight excluding hydrogens is 302 g/mol. The van der Waals surface area contributed by atoms with Gasteiger partial charge in [0.1, 0.15) is 0 Å². The van der Waals surface area contributed by atoms with E-state index >= 15 is 0 Å². The summed E-state index contributed by atoms with van der Waals surface area (Å²) in [5.74, 6) is -0.0533. The van der Waals surface area contributed by atoms with Gasteiger partial charge in [-0.25, -0.2) is 4.79 Å². The zero-order valence-corrected chi connectivity index (χ0v) is 14.3. The molecule has 2 aromatic carbocycles. The number of anilines is 1. The molecule has 4 nitrogen and oxygen atoms in total. The van der Waals surface area contributed by atoms with E-state index in [0.29, 0.717) is 23.7 Å². The van der Waals surface area contributed by atoms with Crippen molar-refractivity contribution >= 4 is 17.4 Å². The summed E-state index contributed by atoms with van der Waals surface area (Å²) in [5.41, 5.74) is 2.98. The number of Topliss-reactive ketones (excluding diaryl/α,β-unsaturated/α-hetero) is 1. The lowest BCUT2D eigenvalue weighted by atomic mass is 10.1. The van der Waals surface area contributed by atoms with Gasteiger partial charge in [-0.2, -0.15) is 0 Å². The van der Waals surface area contributed by atoms with Gasteiger partial charge >= 0.3 is 5.97 Å². The Labute approximate surface area is 142 Å². The molecule has 0 atom stereocenters. The molecule has 0 fully saturated rings. The highest BCUT2D eigenvalue weighted by molar-refractivity contribution is 5.99. The van der Waals surface area contributed by atoms with Crippen LogP contribution in [0.15, 0.2) is 48.5 Å². The van der Waals surface area contributed by atoms with Gasteiger partial charge in [-0.3, -0.25) is 4.79 Å². The molecule has 2 aromatic rings. The van der Waals surface area contributed by atoms with E-state index < -0.39 is 0 Å². The van der Waals surface area contributed by atoms with Crippen LogP contribution in [0, 0.1) is 12.8 Å². The second kappa shape index (κ2) is 8.29. The van der Waals surface area contributed by atoms with Gasteiger partial charge in [0.2, 0.25) is 0 Å². The van der Waals surface area contributed by atoms with Crippen molar-refractivity contribution in [1.82, 2.24) is 0 Å². The predicted octanol–water partition coefficient (Wildman–Crippen LogP) is 4.10. The molecule has 0 bridgehead atoms. The quantitative estimate of drug-likeness (QED) is 0.615. The van der Waals surface area contributed by atoms with E-state index in [9.17, 15) is 9.59 Å². The number of hydrogen-bond acceptors (Lipinski definition) is 4. The molecule has 0 aliphatic heterocycles. The molecule has 126 valence electrons. The highest BCUT2D eigenvalue weighted by Crippen LogP contribution is 2.13. The lowest BCUT2D eigenvalue weighted by molar-refractivity contribution is 0.0459. The summed E-state index contributed by atoms with van der Waals surface area (Å²) >= 11 is 0. The minimum atomic E-state index is -0.350. The van der Waals surface area contributed by atoms with Crippen molar-refractivity contribution < 1.29 is 14.3 Å². The molecule has 0 amide bonds. The monoisotopic (exact) mass is 325 g/mol. The molecule has 0 unspecified atom stereocenters. The van der Waals surface area contributed by atoms with Crippen LogP contribution in [-0.4, -0.2) is 24.9 Å². The van der Waals surface area contributed by atoms with Gasteiger partial charge in [0.15, 0.2) is 5.78 Å². The Kier molecular flexibility index (Phi) is 6.13. The number of ether oxygens (including phenoxy) is 1. The molecule has 0 saturated carbocycles. The Morgan fingerprint density at radius 2 is 1.75 bits per heavy atom. The molecule has 0 aromatic heterocycles. The number of aryl methyl sites for hydroxylation is 1. The van der Waals surface area contributed by atoms with Crippen LogP contribution in [0.4, 0.5) is 5.69 Å². The maximum absolute atomic E-state index is 12.2. The Bertz CT molecular complexity index is 705. The van der Waals surface area contributed by atoms with Crippen molar-refractivity contribution in [2.45, 2.75) is 20.8 Å². The third-order valence-corrected chi connectivity index (χ3v) is 3.47. The first kappa shape index (κ1) is 17.7. The molecule has 2 rings (SSSR count). The normalized spacial score (nSPS) is 10.5. The van der Waals surface area contributed by atoms with E-state index in [4.69, 9.17) is 4.74 Å². The van der Waals surface area contributed by atoms with Crippen molar-refractivity contribution in [3.63, 3.8) is 0 Å². The molecule has 24 heavy (non-hydrogen) atoms. The Hall–Kier alpha value is -2.62. The molecule has 1 N–H and O–H groups in total. The summed E-state index contributed by atoms with van der Waals surface area (Å²) in [5, 5.41) is 3.06. The number of carbonyl (C=O) groups is 2. The fraction of sp³-hybridized carbons (Fsp3) is 0.300. The molecule has 0 spiro atoms. The summed E-state index contributed by atoms with van der Waals surface area (Å²) in [4.78, 5) is 24.1. The van der Waals surface area contributed by atoms with E-state index in [1.807, 2.05) is 51.1 Å². The van der Waals surface area contributed by atoms with Crippen LogP contribution in [0.25, 0.3) is 0 Å². The second-order valence-electron chi connectivity index (χ2n) is 6.22. The lowest BCUT2D eigenvalue weighted by Gasteiger charge is -2.09. The smallest absolute Gasteiger partial charge is 0.338 e. The van der Waals surface area contributed by atoms with Gasteiger partial charge in [-0.15, -0.1) is 0 Å². The van der Waals surface area contributed by atoms with Gasteiger partial charge in [0.25, 0.3) is 0 Å². The van der Waals surface area contributed by atoms with E-state index in [-0.39, 0.29) is 18.3 Å². The molecule has 0 heterocycles. The van der Waals surface area contributed by atoms with Crippen LogP contribution in [-0.2, 0) is 4.74 Å². The maximum Gasteiger partial charge on any atom is 0.338 e. The second-order valence-corrected chi connectivity index (χ2v) is 6.22. The number of carbonyl (C=O) groups excluding carboxylic acids is 2. The SMILES string of the molecule is Cc1ccc(C(=O)CNc2cccc(C(=O)OCC(C)C)c2)cc1. The number of nitrogens with one attached hydrogen (secondary N) is 1. The zero-order valence-electron chi connectivity index (χ0n) is 14.3. The standard InChI is InChI=1S/C20H23NO3/c1-14(2)13-24-20(23)17-5-4-6-18(11-17)21-12-19(22)16-9-7-15(3)8-10-16/h4-11,14,21H,12-13H2,1-3H3. The third-order valence-electron chi connectivity index (χ3n) is 3.47. The van der Waals surface area contributed by atoms with E-state index in [1.54, 1.807) is 18.2 Å².